The SMILES string of the molecule is Cc1nc(-c2cccc(Cl)c2)n(Cc2ccc(C#N)cc2)c(=O)c1CCO. The van der Waals surface area contributed by atoms with Crippen LogP contribution >= 0.6 is 11.6 Å². The van der Waals surface area contributed by atoms with Gasteiger partial charge in [-0.05, 0) is 36.8 Å². The van der Waals surface area contributed by atoms with Crippen molar-refractivity contribution < 1.29 is 5.11 Å². The van der Waals surface area contributed by atoms with Crippen molar-refractivity contribution in [3.63, 3.8) is 0 Å². The van der Waals surface area contributed by atoms with Crippen molar-refractivity contribution in [1.29, 1.82) is 5.26 Å². The number of aryl methyl sites for hydroxylation is 1. The minimum Gasteiger partial charge on any atom is -0.396 e. The van der Waals surface area contributed by atoms with Gasteiger partial charge in [-0.15, -0.1) is 0 Å². The number of halogens is 1. The third-order valence-electron chi connectivity index (χ3n) is 4.34. The highest BCUT2D eigenvalue weighted by Crippen LogP contribution is 2.22. The molecule has 3 aromatic rings. The number of aromatic nitrogens is 2. The van der Waals surface area contributed by atoms with Crippen molar-refractivity contribution in [2.45, 2.75) is 19.9 Å². The lowest BCUT2D eigenvalue weighted by Gasteiger charge is -2.16. The molecule has 0 amide bonds. The van der Waals surface area contributed by atoms with Crippen LogP contribution in [0.2, 0.25) is 5.02 Å². The molecule has 1 N–H and O–H groups in total. The van der Waals surface area contributed by atoms with Crippen LogP contribution in [-0.4, -0.2) is 21.3 Å². The highest BCUT2D eigenvalue weighted by atomic mass is 35.5. The number of benzene rings is 2. The first-order valence-corrected chi connectivity index (χ1v) is 8.87. The molecule has 27 heavy (non-hydrogen) atoms. The monoisotopic (exact) mass is 379 g/mol. The van der Waals surface area contributed by atoms with Gasteiger partial charge in [0.05, 0.1) is 18.2 Å². The van der Waals surface area contributed by atoms with Crippen molar-refractivity contribution in [2.24, 2.45) is 0 Å². The van der Waals surface area contributed by atoms with E-state index in [1.807, 2.05) is 24.3 Å². The fourth-order valence-electron chi connectivity index (χ4n) is 2.96. The van der Waals surface area contributed by atoms with Crippen LogP contribution in [0.15, 0.2) is 53.3 Å². The second-order valence-corrected chi connectivity index (χ2v) is 6.62. The van der Waals surface area contributed by atoms with Gasteiger partial charge in [0.2, 0.25) is 0 Å². The average Bonchev–Trinajstić information content (AvgIpc) is 2.67. The second kappa shape index (κ2) is 8.17. The molecular formula is C21H18ClN3O2. The summed E-state index contributed by atoms with van der Waals surface area (Å²) in [5.41, 5.74) is 3.09. The summed E-state index contributed by atoms with van der Waals surface area (Å²) in [6, 6.07) is 16.4. The van der Waals surface area contributed by atoms with Gasteiger partial charge in [0.25, 0.3) is 5.56 Å². The largest absolute Gasteiger partial charge is 0.396 e. The normalized spacial score (nSPS) is 10.6. The lowest BCUT2D eigenvalue weighted by molar-refractivity contribution is 0.298. The number of hydrogen-bond donors (Lipinski definition) is 1. The molecule has 5 nitrogen and oxygen atoms in total. The van der Waals surface area contributed by atoms with Crippen LogP contribution in [0, 0.1) is 18.3 Å². The van der Waals surface area contributed by atoms with Gasteiger partial charge in [-0.2, -0.15) is 5.26 Å². The molecule has 0 atom stereocenters. The van der Waals surface area contributed by atoms with Crippen molar-refractivity contribution >= 4 is 11.6 Å². The standard InChI is InChI=1S/C21H18ClN3O2/c1-14-19(9-10-26)21(27)25(13-16-7-5-15(12-23)6-8-16)20(24-14)17-3-2-4-18(22)11-17/h2-8,11,26H,9-10,13H2,1H3. The predicted octanol–water partition coefficient (Wildman–Crippen LogP) is 3.33. The highest BCUT2D eigenvalue weighted by molar-refractivity contribution is 6.30. The second-order valence-electron chi connectivity index (χ2n) is 6.18. The van der Waals surface area contributed by atoms with E-state index in [1.54, 1.807) is 35.8 Å². The van der Waals surface area contributed by atoms with Gasteiger partial charge in [-0.3, -0.25) is 9.36 Å². The number of rotatable bonds is 5. The molecule has 0 unspecified atom stereocenters. The maximum absolute atomic E-state index is 13.1. The van der Waals surface area contributed by atoms with Crippen molar-refractivity contribution in [3.05, 3.63) is 86.3 Å². The van der Waals surface area contributed by atoms with E-state index >= 15 is 0 Å². The zero-order valence-corrected chi connectivity index (χ0v) is 15.6. The Hall–Kier alpha value is -2.94. The molecule has 0 radical (unpaired) electrons. The van der Waals surface area contributed by atoms with E-state index in [0.717, 1.165) is 11.1 Å². The summed E-state index contributed by atoms with van der Waals surface area (Å²) in [4.78, 5) is 17.7. The lowest BCUT2D eigenvalue weighted by atomic mass is 10.1. The van der Waals surface area contributed by atoms with E-state index in [1.165, 1.54) is 0 Å². The molecule has 0 spiro atoms. The van der Waals surface area contributed by atoms with E-state index in [0.29, 0.717) is 34.2 Å². The molecule has 0 saturated carbocycles. The minimum atomic E-state index is -0.184. The number of nitriles is 1. The Kier molecular flexibility index (Phi) is 5.70. The molecule has 2 aromatic carbocycles. The number of hydrogen-bond acceptors (Lipinski definition) is 4. The van der Waals surface area contributed by atoms with Crippen LogP contribution in [0.25, 0.3) is 11.4 Å². The number of nitrogens with zero attached hydrogens (tertiary/aromatic N) is 3. The van der Waals surface area contributed by atoms with Gasteiger partial charge < -0.3 is 5.11 Å². The molecule has 1 aromatic heterocycles. The molecule has 0 fully saturated rings. The number of aliphatic hydroxyl groups excluding tert-OH is 1. The summed E-state index contributed by atoms with van der Waals surface area (Å²) < 4.78 is 1.59. The first-order valence-electron chi connectivity index (χ1n) is 8.49. The number of aliphatic hydroxyl groups is 1. The van der Waals surface area contributed by atoms with Crippen LogP contribution in [0.1, 0.15) is 22.4 Å². The van der Waals surface area contributed by atoms with Gasteiger partial charge in [-0.25, -0.2) is 4.98 Å². The summed E-state index contributed by atoms with van der Waals surface area (Å²) in [6.45, 7) is 1.95. The molecular weight excluding hydrogens is 362 g/mol. The Morgan fingerprint density at radius 3 is 2.59 bits per heavy atom. The molecule has 0 bridgehead atoms. The van der Waals surface area contributed by atoms with Crippen LogP contribution in [0.4, 0.5) is 0 Å². The zero-order valence-electron chi connectivity index (χ0n) is 14.8. The molecule has 0 aliphatic heterocycles. The highest BCUT2D eigenvalue weighted by Gasteiger charge is 2.16. The smallest absolute Gasteiger partial charge is 0.257 e. The average molecular weight is 380 g/mol. The summed E-state index contributed by atoms with van der Waals surface area (Å²) >= 11 is 6.12. The minimum absolute atomic E-state index is 0.120. The molecule has 6 heteroatoms. The summed E-state index contributed by atoms with van der Waals surface area (Å²) in [5, 5.41) is 18.8. The third-order valence-corrected chi connectivity index (χ3v) is 4.57. The van der Waals surface area contributed by atoms with E-state index in [-0.39, 0.29) is 18.6 Å². The van der Waals surface area contributed by atoms with Gasteiger partial charge in [0, 0.05) is 34.9 Å². The first-order chi connectivity index (χ1) is 13.0. The van der Waals surface area contributed by atoms with Gasteiger partial charge in [0.15, 0.2) is 0 Å². The third kappa shape index (κ3) is 4.08. The molecule has 3 rings (SSSR count). The first kappa shape index (κ1) is 18.8. The topological polar surface area (TPSA) is 78.9 Å². The lowest BCUT2D eigenvalue weighted by Crippen LogP contribution is -2.29. The fourth-order valence-corrected chi connectivity index (χ4v) is 3.15. The predicted molar refractivity (Wildman–Crippen MR) is 105 cm³/mol. The molecule has 0 saturated heterocycles. The van der Waals surface area contributed by atoms with Gasteiger partial charge in [-0.1, -0.05) is 35.9 Å². The fraction of sp³-hybridized carbons (Fsp3) is 0.190. The van der Waals surface area contributed by atoms with Crippen molar-refractivity contribution in [3.8, 4) is 17.5 Å². The van der Waals surface area contributed by atoms with Crippen molar-refractivity contribution in [1.82, 2.24) is 9.55 Å². The van der Waals surface area contributed by atoms with Crippen LogP contribution in [0.3, 0.4) is 0 Å². The summed E-state index contributed by atoms with van der Waals surface area (Å²) in [5.74, 6) is 0.519. The van der Waals surface area contributed by atoms with Crippen molar-refractivity contribution in [2.75, 3.05) is 6.61 Å². The molecule has 1 heterocycles. The Morgan fingerprint density at radius 2 is 1.96 bits per heavy atom. The van der Waals surface area contributed by atoms with Crippen LogP contribution in [0.5, 0.6) is 0 Å². The quantitative estimate of drug-likeness (QED) is 0.737. The molecule has 0 aliphatic carbocycles. The van der Waals surface area contributed by atoms with Crippen LogP contribution in [-0.2, 0) is 13.0 Å². The van der Waals surface area contributed by atoms with Gasteiger partial charge in [0.1, 0.15) is 5.82 Å². The summed E-state index contributed by atoms with van der Waals surface area (Å²) in [7, 11) is 0. The zero-order chi connectivity index (χ0) is 19.4. The Bertz CT molecular complexity index is 1070. The van der Waals surface area contributed by atoms with E-state index in [4.69, 9.17) is 16.9 Å². The van der Waals surface area contributed by atoms with E-state index < -0.39 is 0 Å². The summed E-state index contributed by atoms with van der Waals surface area (Å²) in [6.07, 6.45) is 0.251. The maximum Gasteiger partial charge on any atom is 0.257 e. The molecule has 136 valence electrons. The Balaban J connectivity index is 2.17. The van der Waals surface area contributed by atoms with Gasteiger partial charge >= 0.3 is 0 Å². The molecule has 0 aliphatic rings. The van der Waals surface area contributed by atoms with E-state index in [9.17, 15) is 9.90 Å². The maximum atomic E-state index is 13.1. The Labute approximate surface area is 162 Å². The van der Waals surface area contributed by atoms with Crippen LogP contribution < -0.4 is 5.56 Å². The Morgan fingerprint density at radius 1 is 1.22 bits per heavy atom. The van der Waals surface area contributed by atoms with E-state index in [2.05, 4.69) is 11.1 Å².